The van der Waals surface area contributed by atoms with Gasteiger partial charge < -0.3 is 4.57 Å². The third-order valence-corrected chi connectivity index (χ3v) is 8.22. The van der Waals surface area contributed by atoms with E-state index >= 15 is 0 Å². The Bertz CT molecular complexity index is 1440. The van der Waals surface area contributed by atoms with Crippen molar-refractivity contribution >= 4 is 67.4 Å². The van der Waals surface area contributed by atoms with Crippen LogP contribution in [0.25, 0.3) is 17.0 Å². The molecule has 0 fully saturated rings. The molecule has 0 saturated carbocycles. The maximum absolute atomic E-state index is 12.3. The third kappa shape index (κ3) is 4.76. The summed E-state index contributed by atoms with van der Waals surface area (Å²) < 4.78 is 28.7. The Hall–Kier alpha value is -2.58. The monoisotopic (exact) mass is 504 g/mol. The van der Waals surface area contributed by atoms with E-state index in [0.29, 0.717) is 16.6 Å². The highest BCUT2D eigenvalue weighted by Crippen LogP contribution is 2.28. The fraction of sp³-hybridized carbons (Fsp3) is 0.0870. The quantitative estimate of drug-likeness (QED) is 0.333. The van der Waals surface area contributed by atoms with Gasteiger partial charge in [0.05, 0.1) is 5.52 Å². The highest BCUT2D eigenvalue weighted by atomic mass is 35.5. The Labute approximate surface area is 200 Å². The molecule has 4 rings (SSSR count). The second-order valence-corrected chi connectivity index (χ2v) is 10.9. The van der Waals surface area contributed by atoms with Crippen LogP contribution < -0.4 is 4.72 Å². The van der Waals surface area contributed by atoms with Gasteiger partial charge in [-0.25, -0.2) is 13.1 Å². The molecule has 0 atom stereocenters. The molecule has 0 spiro atoms. The van der Waals surface area contributed by atoms with Gasteiger partial charge in [-0.2, -0.15) is 0 Å². The molecule has 4 aromatic rings. The Balaban J connectivity index is 1.65. The van der Waals surface area contributed by atoms with Crippen LogP contribution in [0.2, 0.25) is 10.0 Å². The van der Waals surface area contributed by atoms with Gasteiger partial charge in [0, 0.05) is 34.2 Å². The number of nitrogens with one attached hydrogen (secondary N) is 1. The van der Waals surface area contributed by atoms with Crippen LogP contribution >= 0.6 is 34.5 Å². The summed E-state index contributed by atoms with van der Waals surface area (Å²) in [6.45, 7) is 2.53. The summed E-state index contributed by atoms with van der Waals surface area (Å²) in [5.41, 5.74) is 3.68. The highest BCUT2D eigenvalue weighted by Gasteiger charge is 2.17. The first-order valence-electron chi connectivity index (χ1n) is 9.55. The molecule has 2 aromatic heterocycles. The highest BCUT2D eigenvalue weighted by molar-refractivity contribution is 7.92. The number of hydrogen-bond donors (Lipinski definition) is 1. The lowest BCUT2D eigenvalue weighted by molar-refractivity contribution is -0.114. The molecule has 2 heterocycles. The van der Waals surface area contributed by atoms with Gasteiger partial charge in [0.2, 0.25) is 0 Å². The van der Waals surface area contributed by atoms with Gasteiger partial charge in [0.1, 0.15) is 4.21 Å². The molecule has 0 radical (unpaired) electrons. The second kappa shape index (κ2) is 9.11. The molecule has 1 amide bonds. The molecular weight excluding hydrogens is 487 g/mol. The summed E-state index contributed by atoms with van der Waals surface area (Å²) in [5, 5.41) is 3.81. The number of nitrogens with zero attached hydrogens (tertiary/aromatic N) is 1. The number of aryl methyl sites for hydroxylation is 1. The van der Waals surface area contributed by atoms with E-state index in [1.54, 1.807) is 29.7 Å². The maximum atomic E-state index is 12.3. The zero-order valence-corrected chi connectivity index (χ0v) is 20.0. The van der Waals surface area contributed by atoms with Crippen LogP contribution in [0.15, 0.2) is 70.4 Å². The average molecular weight is 505 g/mol. The molecule has 32 heavy (non-hydrogen) atoms. The van der Waals surface area contributed by atoms with Gasteiger partial charge in [-0.05, 0) is 53.3 Å². The third-order valence-electron chi connectivity index (χ3n) is 4.89. The summed E-state index contributed by atoms with van der Waals surface area (Å²) >= 11 is 13.4. The predicted octanol–water partition coefficient (Wildman–Crippen LogP) is 5.88. The lowest BCUT2D eigenvalue weighted by atomic mass is 10.1. The number of sulfonamides is 1. The molecule has 5 nitrogen and oxygen atoms in total. The van der Waals surface area contributed by atoms with Crippen LogP contribution in [-0.4, -0.2) is 18.9 Å². The second-order valence-electron chi connectivity index (χ2n) is 7.15. The molecule has 1 N–H and O–H groups in total. The van der Waals surface area contributed by atoms with E-state index in [2.05, 4.69) is 9.29 Å². The minimum Gasteiger partial charge on any atom is -0.342 e. The number of halogens is 2. The van der Waals surface area contributed by atoms with Crippen LogP contribution in [0.1, 0.15) is 16.7 Å². The van der Waals surface area contributed by atoms with Crippen LogP contribution in [0.4, 0.5) is 0 Å². The largest absolute Gasteiger partial charge is 0.342 e. The minimum absolute atomic E-state index is 0.0886. The molecule has 164 valence electrons. The number of para-hydroxylation sites is 1. The smallest absolute Gasteiger partial charge is 0.273 e. The summed E-state index contributed by atoms with van der Waals surface area (Å²) in [5.74, 6) is -0.717. The van der Waals surface area contributed by atoms with E-state index in [4.69, 9.17) is 23.2 Å². The predicted molar refractivity (Wildman–Crippen MR) is 131 cm³/mol. The lowest BCUT2D eigenvalue weighted by Crippen LogP contribution is -2.28. The molecule has 0 bridgehead atoms. The first-order valence-corrected chi connectivity index (χ1v) is 12.7. The van der Waals surface area contributed by atoms with Gasteiger partial charge in [-0.1, -0.05) is 53.5 Å². The molecule has 2 aromatic carbocycles. The Morgan fingerprint density at radius 3 is 2.69 bits per heavy atom. The summed E-state index contributed by atoms with van der Waals surface area (Å²) in [6, 6.07) is 14.2. The average Bonchev–Trinajstić information content (AvgIpc) is 3.38. The van der Waals surface area contributed by atoms with Gasteiger partial charge in [-0.3, -0.25) is 4.79 Å². The van der Waals surface area contributed by atoms with Crippen molar-refractivity contribution in [1.29, 1.82) is 0 Å². The number of thiophene rings is 1. The van der Waals surface area contributed by atoms with Gasteiger partial charge in [0.15, 0.2) is 0 Å². The van der Waals surface area contributed by atoms with Crippen molar-refractivity contribution in [2.24, 2.45) is 0 Å². The number of amides is 1. The summed E-state index contributed by atoms with van der Waals surface area (Å²) in [4.78, 5) is 12.3. The molecule has 9 heteroatoms. The molecular formula is C23H18Cl2N2O3S2. The van der Waals surface area contributed by atoms with E-state index in [-0.39, 0.29) is 4.21 Å². The Morgan fingerprint density at radius 2 is 1.97 bits per heavy atom. The molecule has 0 aliphatic heterocycles. The first-order chi connectivity index (χ1) is 15.2. The Morgan fingerprint density at radius 1 is 1.16 bits per heavy atom. The van der Waals surface area contributed by atoms with Crippen LogP contribution in [0.5, 0.6) is 0 Å². The first kappa shape index (κ1) is 22.6. The van der Waals surface area contributed by atoms with E-state index in [1.807, 2.05) is 37.4 Å². The molecule has 0 aliphatic carbocycles. The van der Waals surface area contributed by atoms with Crippen LogP contribution in [0, 0.1) is 6.92 Å². The fourth-order valence-corrected chi connectivity index (χ4v) is 5.87. The van der Waals surface area contributed by atoms with E-state index in [0.717, 1.165) is 38.9 Å². The SMILES string of the molecule is Cc1cn(Cc2ccc(Cl)cc2Cl)c2c(/C=C/C(=O)NS(=O)(=O)c3cccs3)cccc12. The van der Waals surface area contributed by atoms with Crippen molar-refractivity contribution in [3.8, 4) is 0 Å². The molecule has 0 saturated heterocycles. The number of rotatable bonds is 6. The number of fused-ring (bicyclic) bond motifs is 1. The van der Waals surface area contributed by atoms with E-state index in [9.17, 15) is 13.2 Å². The van der Waals surface area contributed by atoms with Crippen molar-refractivity contribution in [3.05, 3.63) is 92.9 Å². The van der Waals surface area contributed by atoms with Crippen LogP contribution in [0.3, 0.4) is 0 Å². The van der Waals surface area contributed by atoms with Crippen molar-refractivity contribution < 1.29 is 13.2 Å². The zero-order valence-electron chi connectivity index (χ0n) is 16.9. The van der Waals surface area contributed by atoms with Crippen molar-refractivity contribution in [1.82, 2.24) is 9.29 Å². The van der Waals surface area contributed by atoms with E-state index < -0.39 is 15.9 Å². The topological polar surface area (TPSA) is 68.2 Å². The minimum atomic E-state index is -3.88. The molecule has 0 unspecified atom stereocenters. The number of benzene rings is 2. The van der Waals surface area contributed by atoms with Crippen molar-refractivity contribution in [2.75, 3.05) is 0 Å². The van der Waals surface area contributed by atoms with Gasteiger partial charge in [-0.15, -0.1) is 11.3 Å². The van der Waals surface area contributed by atoms with Crippen molar-refractivity contribution in [3.63, 3.8) is 0 Å². The number of carbonyl (C=O) groups excluding carboxylic acids is 1. The fourth-order valence-electron chi connectivity index (χ4n) is 3.46. The molecule has 0 aliphatic rings. The van der Waals surface area contributed by atoms with Crippen LogP contribution in [-0.2, 0) is 21.4 Å². The number of aromatic nitrogens is 1. The number of carbonyl (C=O) groups is 1. The van der Waals surface area contributed by atoms with Gasteiger partial charge >= 0.3 is 0 Å². The normalized spacial score (nSPS) is 12.0. The van der Waals surface area contributed by atoms with Crippen molar-refractivity contribution in [2.45, 2.75) is 17.7 Å². The standard InChI is InChI=1S/C23H18Cl2N2O3S2/c1-15-13-27(14-17-7-9-18(24)12-20(17)25)23-16(4-2-5-19(15)23)8-10-21(28)26-32(29,30)22-6-3-11-31-22/h2-13H,14H2,1H3,(H,26,28)/b10-8+. The number of hydrogen-bond acceptors (Lipinski definition) is 4. The Kier molecular flexibility index (Phi) is 6.44. The van der Waals surface area contributed by atoms with E-state index in [1.165, 1.54) is 12.1 Å². The maximum Gasteiger partial charge on any atom is 0.273 e. The zero-order chi connectivity index (χ0) is 22.9. The lowest BCUT2D eigenvalue weighted by Gasteiger charge is -2.10. The summed E-state index contributed by atoms with van der Waals surface area (Å²) in [7, 11) is -3.88. The summed E-state index contributed by atoms with van der Waals surface area (Å²) in [6.07, 6.45) is 4.86. The van der Waals surface area contributed by atoms with Gasteiger partial charge in [0.25, 0.3) is 15.9 Å².